The van der Waals surface area contributed by atoms with Crippen LogP contribution >= 0.6 is 11.6 Å². The third kappa shape index (κ3) is 7.14. The first kappa shape index (κ1) is 22.8. The Morgan fingerprint density at radius 1 is 0.906 bits per heavy atom. The number of halogens is 1. The smallest absolute Gasteiger partial charge is 0.277 e. The van der Waals surface area contributed by atoms with Gasteiger partial charge >= 0.3 is 0 Å². The summed E-state index contributed by atoms with van der Waals surface area (Å²) < 4.78 is 10.8. The molecule has 0 saturated carbocycles. The van der Waals surface area contributed by atoms with Gasteiger partial charge in [-0.25, -0.2) is 5.43 Å². The minimum absolute atomic E-state index is 0.108. The molecule has 0 aromatic heterocycles. The van der Waals surface area contributed by atoms with E-state index in [1.54, 1.807) is 48.5 Å². The molecule has 3 aromatic rings. The van der Waals surface area contributed by atoms with Crippen LogP contribution < -0.4 is 20.2 Å². The molecule has 0 atom stereocenters. The Hall–Kier alpha value is -3.84. The van der Waals surface area contributed by atoms with Crippen LogP contribution in [0, 0.1) is 6.92 Å². The number of hydrogen-bond acceptors (Lipinski definition) is 5. The van der Waals surface area contributed by atoms with Gasteiger partial charge < -0.3 is 14.8 Å². The largest absolute Gasteiger partial charge is 0.484 e. The van der Waals surface area contributed by atoms with Crippen LogP contribution in [0.5, 0.6) is 11.5 Å². The minimum Gasteiger partial charge on any atom is -0.484 e. The van der Waals surface area contributed by atoms with Crippen molar-refractivity contribution in [3.63, 3.8) is 0 Å². The van der Waals surface area contributed by atoms with E-state index in [2.05, 4.69) is 15.8 Å². The minimum atomic E-state index is -0.416. The first-order valence-corrected chi connectivity index (χ1v) is 10.2. The van der Waals surface area contributed by atoms with Crippen LogP contribution in [0.4, 0.5) is 5.69 Å². The average Bonchev–Trinajstić information content (AvgIpc) is 2.79. The summed E-state index contributed by atoms with van der Waals surface area (Å²) in [5.41, 5.74) is 4.86. The zero-order valence-electron chi connectivity index (χ0n) is 17.4. The zero-order chi connectivity index (χ0) is 22.8. The van der Waals surface area contributed by atoms with E-state index >= 15 is 0 Å². The second-order valence-electron chi connectivity index (χ2n) is 6.73. The van der Waals surface area contributed by atoms with E-state index in [0.29, 0.717) is 16.5 Å². The molecule has 0 aliphatic heterocycles. The van der Waals surface area contributed by atoms with Crippen LogP contribution in [0.15, 0.2) is 77.9 Å². The van der Waals surface area contributed by atoms with Gasteiger partial charge in [-0.1, -0.05) is 41.9 Å². The lowest BCUT2D eigenvalue weighted by molar-refractivity contribution is -0.123. The van der Waals surface area contributed by atoms with E-state index in [1.807, 2.05) is 31.2 Å². The van der Waals surface area contributed by atoms with Gasteiger partial charge in [0.1, 0.15) is 11.5 Å². The van der Waals surface area contributed by atoms with Crippen molar-refractivity contribution < 1.29 is 19.1 Å². The molecule has 2 amide bonds. The lowest BCUT2D eigenvalue weighted by Crippen LogP contribution is -2.24. The predicted molar refractivity (Wildman–Crippen MR) is 124 cm³/mol. The number of para-hydroxylation sites is 2. The van der Waals surface area contributed by atoms with Crippen LogP contribution in [0.2, 0.25) is 5.02 Å². The van der Waals surface area contributed by atoms with Crippen molar-refractivity contribution in [1.82, 2.24) is 5.43 Å². The molecule has 0 spiro atoms. The van der Waals surface area contributed by atoms with Crippen LogP contribution in [0.25, 0.3) is 0 Å². The fourth-order valence-electron chi connectivity index (χ4n) is 2.61. The highest BCUT2D eigenvalue weighted by atomic mass is 35.5. The van der Waals surface area contributed by atoms with E-state index in [0.717, 1.165) is 16.8 Å². The SMILES string of the molecule is Cc1ccccc1NC(=O)COc1ccc(/C=N/NC(=O)COc2ccccc2Cl)cc1. The summed E-state index contributed by atoms with van der Waals surface area (Å²) in [6.07, 6.45) is 1.49. The molecule has 0 bridgehead atoms. The second-order valence-corrected chi connectivity index (χ2v) is 7.14. The number of nitrogens with zero attached hydrogens (tertiary/aromatic N) is 1. The number of anilines is 1. The topological polar surface area (TPSA) is 89.0 Å². The summed E-state index contributed by atoms with van der Waals surface area (Å²) in [6.45, 7) is 1.60. The van der Waals surface area contributed by atoms with Gasteiger partial charge in [0, 0.05) is 5.69 Å². The maximum Gasteiger partial charge on any atom is 0.277 e. The zero-order valence-corrected chi connectivity index (χ0v) is 18.1. The van der Waals surface area contributed by atoms with Gasteiger partial charge in [-0.05, 0) is 60.5 Å². The van der Waals surface area contributed by atoms with Crippen molar-refractivity contribution in [2.75, 3.05) is 18.5 Å². The monoisotopic (exact) mass is 451 g/mol. The number of hydrazone groups is 1. The Morgan fingerprint density at radius 2 is 1.59 bits per heavy atom. The second kappa shape index (κ2) is 11.5. The maximum absolute atomic E-state index is 12.1. The molecule has 164 valence electrons. The average molecular weight is 452 g/mol. The van der Waals surface area contributed by atoms with Crippen molar-refractivity contribution in [3.05, 3.63) is 88.9 Å². The highest BCUT2D eigenvalue weighted by Crippen LogP contribution is 2.22. The Bertz CT molecular complexity index is 1100. The Morgan fingerprint density at radius 3 is 2.34 bits per heavy atom. The molecule has 3 aromatic carbocycles. The molecule has 3 rings (SSSR count). The van der Waals surface area contributed by atoms with Gasteiger partial charge in [-0.2, -0.15) is 5.10 Å². The van der Waals surface area contributed by atoms with E-state index in [4.69, 9.17) is 21.1 Å². The number of ether oxygens (including phenoxy) is 2. The number of carbonyl (C=O) groups excluding carboxylic acids is 2. The maximum atomic E-state index is 12.1. The molecule has 0 radical (unpaired) electrons. The van der Waals surface area contributed by atoms with E-state index in [1.165, 1.54) is 6.21 Å². The molecule has 7 nitrogen and oxygen atoms in total. The first-order valence-electron chi connectivity index (χ1n) is 9.79. The highest BCUT2D eigenvalue weighted by Gasteiger charge is 2.06. The van der Waals surface area contributed by atoms with Gasteiger partial charge in [0.15, 0.2) is 13.2 Å². The van der Waals surface area contributed by atoms with Gasteiger partial charge in [0.25, 0.3) is 11.8 Å². The number of benzene rings is 3. The molecule has 2 N–H and O–H groups in total. The summed E-state index contributed by atoms with van der Waals surface area (Å²) in [7, 11) is 0. The van der Waals surface area contributed by atoms with Crippen molar-refractivity contribution in [2.45, 2.75) is 6.92 Å². The molecule has 0 aliphatic rings. The number of amides is 2. The van der Waals surface area contributed by atoms with E-state index in [9.17, 15) is 9.59 Å². The third-order valence-corrected chi connectivity index (χ3v) is 4.58. The van der Waals surface area contributed by atoms with Gasteiger partial charge in [0.2, 0.25) is 0 Å². The summed E-state index contributed by atoms with van der Waals surface area (Å²) in [5.74, 6) is 0.308. The van der Waals surface area contributed by atoms with Crippen LogP contribution in [0.3, 0.4) is 0 Å². The number of nitrogens with one attached hydrogen (secondary N) is 2. The van der Waals surface area contributed by atoms with Gasteiger partial charge in [0.05, 0.1) is 11.2 Å². The summed E-state index contributed by atoms with van der Waals surface area (Å²) in [4.78, 5) is 23.9. The lowest BCUT2D eigenvalue weighted by atomic mass is 10.2. The van der Waals surface area contributed by atoms with Gasteiger partial charge in [-0.3, -0.25) is 9.59 Å². The number of hydrogen-bond donors (Lipinski definition) is 2. The predicted octanol–water partition coefficient (Wildman–Crippen LogP) is 4.20. The quantitative estimate of drug-likeness (QED) is 0.377. The van der Waals surface area contributed by atoms with Crippen molar-refractivity contribution in [2.24, 2.45) is 5.10 Å². The number of rotatable bonds is 9. The van der Waals surface area contributed by atoms with Crippen molar-refractivity contribution in [3.8, 4) is 11.5 Å². The van der Waals surface area contributed by atoms with Crippen LogP contribution in [0.1, 0.15) is 11.1 Å². The van der Waals surface area contributed by atoms with Gasteiger partial charge in [-0.15, -0.1) is 0 Å². The van der Waals surface area contributed by atoms with E-state index in [-0.39, 0.29) is 19.1 Å². The molecule has 8 heteroatoms. The molecular formula is C24H22ClN3O4. The fraction of sp³-hybridized carbons (Fsp3) is 0.125. The normalized spacial score (nSPS) is 10.6. The highest BCUT2D eigenvalue weighted by molar-refractivity contribution is 6.32. The Balaban J connectivity index is 1.40. The molecule has 0 aliphatic carbocycles. The standard InChI is InChI=1S/C24H22ClN3O4/c1-17-6-2-4-8-21(17)27-23(29)15-31-19-12-10-18(11-13-19)14-26-28-24(30)16-32-22-9-5-3-7-20(22)25/h2-14H,15-16H2,1H3,(H,27,29)(H,28,30)/b26-14+. The van der Waals surface area contributed by atoms with E-state index < -0.39 is 5.91 Å². The first-order chi connectivity index (χ1) is 15.5. The summed E-state index contributed by atoms with van der Waals surface area (Å²) in [6, 6.07) is 21.4. The molecule has 0 fully saturated rings. The third-order valence-electron chi connectivity index (χ3n) is 4.27. The molecular weight excluding hydrogens is 430 g/mol. The fourth-order valence-corrected chi connectivity index (χ4v) is 2.80. The molecule has 0 heterocycles. The van der Waals surface area contributed by atoms with Crippen molar-refractivity contribution in [1.29, 1.82) is 0 Å². The number of carbonyl (C=O) groups is 2. The summed E-state index contributed by atoms with van der Waals surface area (Å²) in [5, 5.41) is 7.13. The Kier molecular flexibility index (Phi) is 8.22. The van der Waals surface area contributed by atoms with Crippen molar-refractivity contribution >= 4 is 35.3 Å². The Labute approximate surface area is 191 Å². The van der Waals surface area contributed by atoms with Crippen LogP contribution in [-0.4, -0.2) is 31.2 Å². The lowest BCUT2D eigenvalue weighted by Gasteiger charge is -2.09. The molecule has 0 unspecified atom stereocenters. The number of aryl methyl sites for hydroxylation is 1. The summed E-state index contributed by atoms with van der Waals surface area (Å²) >= 11 is 5.97. The molecule has 32 heavy (non-hydrogen) atoms. The van der Waals surface area contributed by atoms with Crippen LogP contribution in [-0.2, 0) is 9.59 Å². The molecule has 0 saturated heterocycles.